The molecular weight excluding hydrogens is 386 g/mol. The fourth-order valence-corrected chi connectivity index (χ4v) is 4.34. The van der Waals surface area contributed by atoms with Crippen LogP contribution in [-0.4, -0.2) is 64.9 Å². The Morgan fingerprint density at radius 1 is 1.03 bits per heavy atom. The molecule has 0 atom stereocenters. The Hall–Kier alpha value is -3.19. The van der Waals surface area contributed by atoms with Crippen molar-refractivity contribution in [3.63, 3.8) is 0 Å². The lowest BCUT2D eigenvalue weighted by Gasteiger charge is -2.22. The zero-order chi connectivity index (χ0) is 21.4. The molecule has 0 radical (unpaired) electrons. The first kappa shape index (κ1) is 19.8. The fourth-order valence-electron chi connectivity index (χ4n) is 4.34. The summed E-state index contributed by atoms with van der Waals surface area (Å²) >= 11 is 0. The molecule has 1 aliphatic heterocycles. The number of anilines is 1. The summed E-state index contributed by atoms with van der Waals surface area (Å²) < 4.78 is 2.14. The van der Waals surface area contributed by atoms with Crippen LogP contribution in [0.15, 0.2) is 47.5 Å². The third-order valence-electron chi connectivity index (χ3n) is 6.03. The molecule has 7 nitrogen and oxygen atoms in total. The fraction of sp³-hybridized carbons (Fsp3) is 0.375. The number of aromatic nitrogens is 3. The summed E-state index contributed by atoms with van der Waals surface area (Å²) in [5.74, 6) is 1.55. The summed E-state index contributed by atoms with van der Waals surface area (Å²) in [4.78, 5) is 19.4. The third-order valence-corrected chi connectivity index (χ3v) is 6.03. The van der Waals surface area contributed by atoms with Crippen molar-refractivity contribution in [3.8, 4) is 0 Å². The lowest BCUT2D eigenvalue weighted by atomic mass is 10.1. The maximum Gasteiger partial charge on any atom is 0.150 e. The summed E-state index contributed by atoms with van der Waals surface area (Å²) in [5, 5.41) is 1.04. The van der Waals surface area contributed by atoms with E-state index in [1.54, 1.807) is 0 Å². The molecule has 1 aromatic carbocycles. The van der Waals surface area contributed by atoms with Gasteiger partial charge < -0.3 is 15.5 Å². The number of pyridine rings is 2. The van der Waals surface area contributed by atoms with Crippen molar-refractivity contribution in [1.82, 2.24) is 19.3 Å². The van der Waals surface area contributed by atoms with Gasteiger partial charge in [-0.25, -0.2) is 9.97 Å². The normalized spacial score (nSPS) is 16.5. The number of benzene rings is 1. The van der Waals surface area contributed by atoms with Gasteiger partial charge in [0.15, 0.2) is 5.65 Å². The van der Waals surface area contributed by atoms with Crippen LogP contribution in [0.3, 0.4) is 0 Å². The molecular formula is C24H29N7. The number of nitrogens with two attached hydrogens (primary N) is 1. The van der Waals surface area contributed by atoms with Gasteiger partial charge >= 0.3 is 0 Å². The Labute approximate surface area is 182 Å². The molecule has 0 saturated carbocycles. The summed E-state index contributed by atoms with van der Waals surface area (Å²) in [7, 11) is 2.19. The number of amidine groups is 1. The molecule has 3 aromatic heterocycles. The quantitative estimate of drug-likeness (QED) is 0.409. The van der Waals surface area contributed by atoms with Crippen molar-refractivity contribution in [2.45, 2.75) is 19.8 Å². The SMILES string of the molecule is CCCN=C(N)c1cc2ccc(N3CCCN(C)CC3)nc2n2c1nc1ccccc12. The zero-order valence-corrected chi connectivity index (χ0v) is 18.3. The molecule has 5 rings (SSSR count). The van der Waals surface area contributed by atoms with Crippen LogP contribution in [-0.2, 0) is 0 Å². The van der Waals surface area contributed by atoms with Gasteiger partial charge in [0.25, 0.3) is 0 Å². The number of rotatable bonds is 4. The monoisotopic (exact) mass is 415 g/mol. The lowest BCUT2D eigenvalue weighted by Crippen LogP contribution is -2.29. The first-order valence-electron chi connectivity index (χ1n) is 11.1. The van der Waals surface area contributed by atoms with Crippen LogP contribution in [0.1, 0.15) is 25.3 Å². The topological polar surface area (TPSA) is 75.0 Å². The van der Waals surface area contributed by atoms with E-state index in [0.29, 0.717) is 12.4 Å². The zero-order valence-electron chi connectivity index (χ0n) is 18.3. The third kappa shape index (κ3) is 3.59. The molecule has 0 spiro atoms. The first-order chi connectivity index (χ1) is 15.2. The predicted molar refractivity (Wildman–Crippen MR) is 128 cm³/mol. The second kappa shape index (κ2) is 8.15. The van der Waals surface area contributed by atoms with Gasteiger partial charge in [-0.05, 0) is 56.8 Å². The smallest absolute Gasteiger partial charge is 0.150 e. The van der Waals surface area contributed by atoms with Crippen molar-refractivity contribution >= 4 is 39.4 Å². The van der Waals surface area contributed by atoms with Gasteiger partial charge in [-0.1, -0.05) is 19.1 Å². The summed E-state index contributed by atoms with van der Waals surface area (Å²) in [6, 6.07) is 14.5. The van der Waals surface area contributed by atoms with Crippen LogP contribution < -0.4 is 10.6 Å². The van der Waals surface area contributed by atoms with Crippen molar-refractivity contribution in [2.75, 3.05) is 44.7 Å². The Bertz CT molecular complexity index is 1270. The number of aliphatic imine (C=N–C) groups is 1. The Morgan fingerprint density at radius 3 is 2.77 bits per heavy atom. The number of likely N-dealkylation sites (N-methyl/N-ethyl adjacent to an activating group) is 1. The van der Waals surface area contributed by atoms with E-state index in [1.807, 2.05) is 18.2 Å². The standard InChI is InChI=1S/C24H29N7/c1-3-11-26-22(25)18-16-17-9-10-21(30-13-6-12-29(2)14-15-30)28-23(17)31-20-8-5-4-7-19(20)27-24(18)31/h4-5,7-10,16H,3,6,11-15H2,1-2H3,(H2,25,26). The molecule has 1 fully saturated rings. The molecule has 7 heteroatoms. The van der Waals surface area contributed by atoms with Gasteiger partial charge in [0.1, 0.15) is 17.3 Å². The molecule has 1 saturated heterocycles. The highest BCUT2D eigenvalue weighted by molar-refractivity contribution is 6.07. The molecule has 31 heavy (non-hydrogen) atoms. The van der Waals surface area contributed by atoms with Crippen LogP contribution >= 0.6 is 0 Å². The van der Waals surface area contributed by atoms with Crippen LogP contribution in [0.2, 0.25) is 0 Å². The molecule has 4 aromatic rings. The van der Waals surface area contributed by atoms with E-state index in [-0.39, 0.29) is 0 Å². The Morgan fingerprint density at radius 2 is 1.90 bits per heavy atom. The van der Waals surface area contributed by atoms with Gasteiger partial charge in [-0.15, -0.1) is 0 Å². The largest absolute Gasteiger partial charge is 0.383 e. The number of para-hydroxylation sites is 2. The maximum absolute atomic E-state index is 6.40. The highest BCUT2D eigenvalue weighted by atomic mass is 15.2. The summed E-state index contributed by atoms with van der Waals surface area (Å²) in [5.41, 5.74) is 11.0. The molecule has 0 unspecified atom stereocenters. The molecule has 0 aliphatic carbocycles. The first-order valence-corrected chi connectivity index (χ1v) is 11.1. The van der Waals surface area contributed by atoms with Crippen molar-refractivity contribution in [3.05, 3.63) is 48.0 Å². The average Bonchev–Trinajstić information content (AvgIpc) is 3.05. The van der Waals surface area contributed by atoms with Crippen LogP contribution in [0.4, 0.5) is 5.82 Å². The second-order valence-electron chi connectivity index (χ2n) is 8.31. The van der Waals surface area contributed by atoms with Gasteiger partial charge in [0.05, 0.1) is 16.6 Å². The van der Waals surface area contributed by atoms with Gasteiger partial charge in [-0.3, -0.25) is 9.39 Å². The highest BCUT2D eigenvalue weighted by Gasteiger charge is 2.18. The number of fused-ring (bicyclic) bond motifs is 5. The van der Waals surface area contributed by atoms with E-state index in [4.69, 9.17) is 15.7 Å². The van der Waals surface area contributed by atoms with Gasteiger partial charge in [-0.2, -0.15) is 0 Å². The Kier molecular flexibility index (Phi) is 5.19. The van der Waals surface area contributed by atoms with Crippen molar-refractivity contribution in [1.29, 1.82) is 0 Å². The van der Waals surface area contributed by atoms with E-state index < -0.39 is 0 Å². The molecule has 4 heterocycles. The molecule has 160 valence electrons. The van der Waals surface area contributed by atoms with E-state index in [2.05, 4.69) is 57.4 Å². The molecule has 1 aliphatic rings. The van der Waals surface area contributed by atoms with E-state index in [1.165, 1.54) is 0 Å². The van der Waals surface area contributed by atoms with E-state index in [0.717, 1.165) is 78.1 Å². The number of nitrogens with zero attached hydrogens (tertiary/aromatic N) is 6. The Balaban J connectivity index is 1.74. The van der Waals surface area contributed by atoms with Gasteiger partial charge in [0.2, 0.25) is 0 Å². The number of hydrogen-bond acceptors (Lipinski definition) is 5. The minimum atomic E-state index is 0.531. The molecule has 0 bridgehead atoms. The van der Waals surface area contributed by atoms with Gasteiger partial charge in [0, 0.05) is 31.6 Å². The highest BCUT2D eigenvalue weighted by Crippen LogP contribution is 2.27. The minimum Gasteiger partial charge on any atom is -0.383 e. The molecule has 2 N–H and O–H groups in total. The van der Waals surface area contributed by atoms with E-state index in [9.17, 15) is 0 Å². The second-order valence-corrected chi connectivity index (χ2v) is 8.31. The predicted octanol–water partition coefficient (Wildman–Crippen LogP) is 3.29. The summed E-state index contributed by atoms with van der Waals surface area (Å²) in [6.07, 6.45) is 2.10. The summed E-state index contributed by atoms with van der Waals surface area (Å²) in [6.45, 7) is 6.98. The van der Waals surface area contributed by atoms with Crippen molar-refractivity contribution < 1.29 is 0 Å². The number of hydrogen-bond donors (Lipinski definition) is 1. The minimum absolute atomic E-state index is 0.531. The van der Waals surface area contributed by atoms with Crippen LogP contribution in [0, 0.1) is 0 Å². The average molecular weight is 416 g/mol. The number of imidazole rings is 1. The van der Waals surface area contributed by atoms with Crippen molar-refractivity contribution in [2.24, 2.45) is 10.7 Å². The molecule has 0 amide bonds. The van der Waals surface area contributed by atoms with Crippen LogP contribution in [0.25, 0.3) is 27.7 Å². The lowest BCUT2D eigenvalue weighted by molar-refractivity contribution is 0.360. The maximum atomic E-state index is 6.40. The van der Waals surface area contributed by atoms with Crippen LogP contribution in [0.5, 0.6) is 0 Å². The van der Waals surface area contributed by atoms with E-state index >= 15 is 0 Å².